The molecule has 1 amide bonds. The smallest absolute Gasteiger partial charge is 0.418 e. The molecule has 0 aliphatic carbocycles. The van der Waals surface area contributed by atoms with Gasteiger partial charge in [0.25, 0.3) is 0 Å². The van der Waals surface area contributed by atoms with Gasteiger partial charge in [0, 0.05) is 24.3 Å². The molecule has 2 rings (SSSR count). The Labute approximate surface area is 148 Å². The lowest BCUT2D eigenvalue weighted by Gasteiger charge is -2.14. The largest absolute Gasteiger partial charge is 0.465 e. The van der Waals surface area contributed by atoms with Crippen LogP contribution in [-0.4, -0.2) is 25.5 Å². The summed E-state index contributed by atoms with van der Waals surface area (Å²) in [4.78, 5) is 23.2. The highest BCUT2D eigenvalue weighted by atomic mass is 19.4. The van der Waals surface area contributed by atoms with E-state index in [0.717, 1.165) is 6.07 Å². The molecule has 0 spiro atoms. The maximum Gasteiger partial charge on any atom is 0.418 e. The van der Waals surface area contributed by atoms with Gasteiger partial charge >= 0.3 is 12.1 Å². The first-order chi connectivity index (χ1) is 12.3. The molecule has 0 bridgehead atoms. The van der Waals surface area contributed by atoms with Gasteiger partial charge in [-0.3, -0.25) is 4.79 Å². The van der Waals surface area contributed by atoms with Crippen LogP contribution in [0.3, 0.4) is 0 Å². The Morgan fingerprint density at radius 2 is 1.69 bits per heavy atom. The van der Waals surface area contributed by atoms with Gasteiger partial charge in [0.05, 0.1) is 18.2 Å². The Hall–Kier alpha value is -3.03. The van der Waals surface area contributed by atoms with Crippen molar-refractivity contribution in [1.82, 2.24) is 0 Å². The molecule has 0 aromatic heterocycles. The minimum atomic E-state index is -4.47. The highest BCUT2D eigenvalue weighted by Crippen LogP contribution is 2.34. The van der Waals surface area contributed by atoms with E-state index in [2.05, 4.69) is 15.4 Å². The van der Waals surface area contributed by atoms with E-state index in [-0.39, 0.29) is 24.6 Å². The van der Waals surface area contributed by atoms with Crippen LogP contribution in [-0.2, 0) is 15.7 Å². The highest BCUT2D eigenvalue weighted by molar-refractivity contribution is 5.93. The summed E-state index contributed by atoms with van der Waals surface area (Å²) in [7, 11) is 1.27. The number of esters is 1. The summed E-state index contributed by atoms with van der Waals surface area (Å²) in [6, 6.07) is 11.2. The minimum Gasteiger partial charge on any atom is -0.465 e. The third-order valence-electron chi connectivity index (χ3n) is 3.49. The molecule has 0 fully saturated rings. The van der Waals surface area contributed by atoms with Crippen LogP contribution in [0.15, 0.2) is 48.5 Å². The summed E-state index contributed by atoms with van der Waals surface area (Å²) in [6.07, 6.45) is -4.49. The normalized spacial score (nSPS) is 10.9. The maximum absolute atomic E-state index is 12.9. The molecule has 2 aromatic carbocycles. The number of halogens is 3. The summed E-state index contributed by atoms with van der Waals surface area (Å²) in [5.74, 6) is -0.858. The average molecular weight is 366 g/mol. The van der Waals surface area contributed by atoms with Crippen LogP contribution in [0, 0.1) is 0 Å². The van der Waals surface area contributed by atoms with E-state index in [0.29, 0.717) is 11.3 Å². The summed E-state index contributed by atoms with van der Waals surface area (Å²) in [5, 5.41) is 5.23. The van der Waals surface area contributed by atoms with Crippen molar-refractivity contribution in [3.8, 4) is 0 Å². The second kappa shape index (κ2) is 8.37. The van der Waals surface area contributed by atoms with E-state index in [4.69, 9.17) is 0 Å². The molecule has 0 atom stereocenters. The van der Waals surface area contributed by atoms with E-state index in [1.807, 2.05) is 0 Å². The lowest BCUT2D eigenvalue weighted by molar-refractivity contribution is -0.137. The zero-order valence-corrected chi connectivity index (χ0v) is 13.9. The van der Waals surface area contributed by atoms with Crippen LogP contribution in [0.1, 0.15) is 22.3 Å². The van der Waals surface area contributed by atoms with Crippen molar-refractivity contribution in [3.05, 3.63) is 59.7 Å². The van der Waals surface area contributed by atoms with Gasteiger partial charge in [-0.05, 0) is 36.4 Å². The molecule has 0 saturated heterocycles. The van der Waals surface area contributed by atoms with E-state index in [1.165, 1.54) is 49.6 Å². The van der Waals surface area contributed by atoms with Gasteiger partial charge < -0.3 is 15.4 Å². The van der Waals surface area contributed by atoms with Crippen LogP contribution in [0.4, 0.5) is 24.5 Å². The van der Waals surface area contributed by atoms with Crippen LogP contribution < -0.4 is 10.6 Å². The van der Waals surface area contributed by atoms with Gasteiger partial charge in [-0.1, -0.05) is 12.1 Å². The number of carbonyl (C=O) groups excluding carboxylic acids is 2. The maximum atomic E-state index is 12.9. The molecule has 8 heteroatoms. The van der Waals surface area contributed by atoms with E-state index >= 15 is 0 Å². The number of ether oxygens (including phenoxy) is 1. The molecule has 0 saturated carbocycles. The van der Waals surface area contributed by atoms with Gasteiger partial charge in [0.1, 0.15) is 0 Å². The predicted molar refractivity (Wildman–Crippen MR) is 91.0 cm³/mol. The number of benzene rings is 2. The molecule has 0 aliphatic rings. The van der Waals surface area contributed by atoms with Crippen molar-refractivity contribution in [3.63, 3.8) is 0 Å². The molecule has 0 heterocycles. The van der Waals surface area contributed by atoms with Gasteiger partial charge in [0.15, 0.2) is 0 Å². The first kappa shape index (κ1) is 19.3. The van der Waals surface area contributed by atoms with Crippen LogP contribution in [0.25, 0.3) is 0 Å². The molecule has 0 radical (unpaired) electrons. The summed E-state index contributed by atoms with van der Waals surface area (Å²) in [5.41, 5.74) is -0.0386. The number of carbonyl (C=O) groups is 2. The van der Waals surface area contributed by atoms with Crippen molar-refractivity contribution >= 4 is 23.3 Å². The zero-order valence-electron chi connectivity index (χ0n) is 13.9. The van der Waals surface area contributed by atoms with Crippen molar-refractivity contribution in [2.45, 2.75) is 12.6 Å². The third-order valence-corrected chi connectivity index (χ3v) is 3.49. The number of hydrogen-bond acceptors (Lipinski definition) is 4. The van der Waals surface area contributed by atoms with E-state index in [9.17, 15) is 22.8 Å². The Kier molecular flexibility index (Phi) is 6.21. The monoisotopic (exact) mass is 366 g/mol. The SMILES string of the molecule is COC(=O)c1ccc(NC(=O)CCNc2ccccc2C(F)(F)F)cc1. The Bertz CT molecular complexity index is 774. The second-order valence-corrected chi connectivity index (χ2v) is 5.34. The number of rotatable bonds is 6. The molecule has 5 nitrogen and oxygen atoms in total. The van der Waals surface area contributed by atoms with Gasteiger partial charge in [-0.15, -0.1) is 0 Å². The van der Waals surface area contributed by atoms with Crippen LogP contribution in [0.2, 0.25) is 0 Å². The fraction of sp³-hybridized carbons (Fsp3) is 0.222. The fourth-order valence-electron chi connectivity index (χ4n) is 2.23. The van der Waals surface area contributed by atoms with Gasteiger partial charge in [-0.25, -0.2) is 4.79 Å². The summed E-state index contributed by atoms with van der Waals surface area (Å²) in [6.45, 7) is 0.0408. The Morgan fingerprint density at radius 1 is 1.04 bits per heavy atom. The first-order valence-corrected chi connectivity index (χ1v) is 7.69. The molecule has 0 aliphatic heterocycles. The standard InChI is InChI=1S/C18H17F3N2O3/c1-26-17(25)12-6-8-13(9-7-12)23-16(24)10-11-22-15-5-3-2-4-14(15)18(19,20)21/h2-9,22H,10-11H2,1H3,(H,23,24). The zero-order chi connectivity index (χ0) is 19.2. The number of nitrogens with one attached hydrogen (secondary N) is 2. The van der Waals surface area contributed by atoms with Crippen molar-refractivity contribution in [2.24, 2.45) is 0 Å². The minimum absolute atomic E-state index is 0.0229. The summed E-state index contributed by atoms with van der Waals surface area (Å²) < 4.78 is 43.2. The third kappa shape index (κ3) is 5.23. The number of alkyl halides is 3. The molecule has 0 unspecified atom stereocenters. The molecule has 26 heavy (non-hydrogen) atoms. The number of anilines is 2. The number of methoxy groups -OCH3 is 1. The highest BCUT2D eigenvalue weighted by Gasteiger charge is 2.33. The summed E-state index contributed by atoms with van der Waals surface area (Å²) >= 11 is 0. The van der Waals surface area contributed by atoms with Crippen molar-refractivity contribution in [1.29, 1.82) is 0 Å². The number of amides is 1. The second-order valence-electron chi connectivity index (χ2n) is 5.34. The molecule has 2 N–H and O–H groups in total. The number of para-hydroxylation sites is 1. The average Bonchev–Trinajstić information content (AvgIpc) is 2.61. The molecular weight excluding hydrogens is 349 g/mol. The van der Waals surface area contributed by atoms with Crippen molar-refractivity contribution in [2.75, 3.05) is 24.3 Å². The van der Waals surface area contributed by atoms with Crippen molar-refractivity contribution < 1.29 is 27.5 Å². The first-order valence-electron chi connectivity index (χ1n) is 7.69. The number of hydrogen-bond donors (Lipinski definition) is 2. The Morgan fingerprint density at radius 3 is 2.31 bits per heavy atom. The molecule has 138 valence electrons. The molecular formula is C18H17F3N2O3. The lowest BCUT2D eigenvalue weighted by Crippen LogP contribution is -2.18. The van der Waals surface area contributed by atoms with Crippen LogP contribution >= 0.6 is 0 Å². The van der Waals surface area contributed by atoms with E-state index < -0.39 is 17.7 Å². The molecule has 2 aromatic rings. The van der Waals surface area contributed by atoms with Gasteiger partial charge in [-0.2, -0.15) is 13.2 Å². The van der Waals surface area contributed by atoms with Gasteiger partial charge in [0.2, 0.25) is 5.91 Å². The van der Waals surface area contributed by atoms with E-state index in [1.54, 1.807) is 0 Å². The van der Waals surface area contributed by atoms with Crippen LogP contribution in [0.5, 0.6) is 0 Å². The predicted octanol–water partition coefficient (Wildman–Crippen LogP) is 3.93. The lowest BCUT2D eigenvalue weighted by atomic mass is 10.1. The quantitative estimate of drug-likeness (QED) is 0.760. The topological polar surface area (TPSA) is 67.4 Å². The Balaban J connectivity index is 1.87. The fourth-order valence-corrected chi connectivity index (χ4v) is 2.23.